The number of nitrogens with zero attached hydrogens (tertiary/aromatic N) is 4. The van der Waals surface area contributed by atoms with Crippen molar-refractivity contribution in [2.75, 3.05) is 58.2 Å². The Bertz CT molecular complexity index is 1180. The van der Waals surface area contributed by atoms with E-state index in [-0.39, 0.29) is 23.2 Å². The summed E-state index contributed by atoms with van der Waals surface area (Å²) in [5, 5.41) is 2.67. The van der Waals surface area contributed by atoms with E-state index in [1.165, 1.54) is 12.1 Å². The second-order valence-corrected chi connectivity index (χ2v) is 10.5. The van der Waals surface area contributed by atoms with Gasteiger partial charge in [0.05, 0.1) is 11.6 Å². The Morgan fingerprint density at radius 2 is 1.92 bits per heavy atom. The quantitative estimate of drug-likeness (QED) is 0.619. The van der Waals surface area contributed by atoms with E-state index in [4.69, 9.17) is 16.3 Å². The molecule has 0 aliphatic carbocycles. The number of piperidine rings is 1. The zero-order valence-electron chi connectivity index (χ0n) is 21.3. The lowest BCUT2D eigenvalue weighted by Crippen LogP contribution is -2.55. The van der Waals surface area contributed by atoms with Gasteiger partial charge >= 0.3 is 0 Å². The van der Waals surface area contributed by atoms with E-state index in [9.17, 15) is 14.0 Å². The molecule has 2 aromatic rings. The largest absolute Gasteiger partial charge is 0.478 e. The van der Waals surface area contributed by atoms with Crippen molar-refractivity contribution < 1.29 is 18.7 Å². The lowest BCUT2D eigenvalue weighted by atomic mass is 9.72. The minimum atomic E-state index is -1.44. The molecule has 3 aliphatic heterocycles. The molecule has 0 radical (unpaired) electrons. The number of hydrogen-bond acceptors (Lipinski definition) is 6. The number of anilines is 1. The van der Waals surface area contributed by atoms with E-state index in [1.54, 1.807) is 18.3 Å². The van der Waals surface area contributed by atoms with Crippen LogP contribution in [-0.4, -0.2) is 90.5 Å². The maximum Gasteiger partial charge on any atom is 0.240 e. The molecule has 2 saturated heterocycles. The first-order chi connectivity index (χ1) is 17.8. The van der Waals surface area contributed by atoms with E-state index in [0.717, 1.165) is 39.0 Å². The molecule has 0 saturated carbocycles. The Labute approximate surface area is 221 Å². The van der Waals surface area contributed by atoms with Crippen LogP contribution in [0, 0.1) is 5.82 Å². The second-order valence-electron chi connectivity index (χ2n) is 10.1. The highest BCUT2D eigenvalue weighted by molar-refractivity contribution is 6.31. The Morgan fingerprint density at radius 1 is 1.19 bits per heavy atom. The number of ether oxygens (including phenoxy) is 1. The Balaban J connectivity index is 1.43. The fourth-order valence-electron chi connectivity index (χ4n) is 5.90. The molecule has 8 nitrogen and oxygen atoms in total. The number of nitrogens with one attached hydrogen (secondary N) is 1. The van der Waals surface area contributed by atoms with Gasteiger partial charge in [0.1, 0.15) is 11.2 Å². The average Bonchev–Trinajstić information content (AvgIpc) is 3.16. The molecular weight excluding hydrogens is 497 g/mol. The molecule has 1 unspecified atom stereocenters. The summed E-state index contributed by atoms with van der Waals surface area (Å²) in [6.45, 7) is 7.18. The van der Waals surface area contributed by atoms with Crippen molar-refractivity contribution in [3.05, 3.63) is 52.4 Å². The van der Waals surface area contributed by atoms with E-state index >= 15 is 0 Å². The van der Waals surface area contributed by atoms with Crippen LogP contribution in [0.3, 0.4) is 0 Å². The van der Waals surface area contributed by atoms with Crippen LogP contribution >= 0.6 is 11.6 Å². The zero-order valence-corrected chi connectivity index (χ0v) is 22.1. The highest BCUT2D eigenvalue weighted by Crippen LogP contribution is 2.49. The topological polar surface area (TPSA) is 78.0 Å². The Hall–Kier alpha value is -2.75. The lowest BCUT2D eigenvalue weighted by molar-refractivity contribution is -0.136. The van der Waals surface area contributed by atoms with Crippen LogP contribution in [0.15, 0.2) is 30.5 Å². The summed E-state index contributed by atoms with van der Waals surface area (Å²) in [6, 6.07) is 6.65. The molecule has 2 amide bonds. The third-order valence-corrected chi connectivity index (χ3v) is 8.25. The van der Waals surface area contributed by atoms with Crippen LogP contribution in [0.4, 0.5) is 10.1 Å². The number of rotatable bonds is 6. The van der Waals surface area contributed by atoms with Crippen LogP contribution in [0.1, 0.15) is 37.3 Å². The maximum atomic E-state index is 14.3. The van der Waals surface area contributed by atoms with Gasteiger partial charge in [0.15, 0.2) is 0 Å². The number of pyridine rings is 1. The van der Waals surface area contributed by atoms with Crippen molar-refractivity contribution in [2.24, 2.45) is 0 Å². The predicted molar refractivity (Wildman–Crippen MR) is 140 cm³/mol. The van der Waals surface area contributed by atoms with E-state index in [1.807, 2.05) is 11.8 Å². The van der Waals surface area contributed by atoms with Crippen molar-refractivity contribution in [1.29, 1.82) is 0 Å². The molecule has 4 heterocycles. The lowest BCUT2D eigenvalue weighted by Gasteiger charge is -2.42. The van der Waals surface area contributed by atoms with E-state index < -0.39 is 17.1 Å². The summed E-state index contributed by atoms with van der Waals surface area (Å²) < 4.78 is 20.1. The van der Waals surface area contributed by atoms with Crippen LogP contribution in [0.2, 0.25) is 5.02 Å². The van der Waals surface area contributed by atoms with Crippen LogP contribution in [0.5, 0.6) is 5.88 Å². The Morgan fingerprint density at radius 3 is 2.62 bits per heavy atom. The molecule has 10 heteroatoms. The molecule has 198 valence electrons. The molecule has 0 spiro atoms. The highest BCUT2D eigenvalue weighted by atomic mass is 35.5. The predicted octanol–water partition coefficient (Wildman–Crippen LogP) is 3.14. The monoisotopic (exact) mass is 529 g/mol. The summed E-state index contributed by atoms with van der Waals surface area (Å²) in [4.78, 5) is 38.5. The molecule has 1 atom stereocenters. The molecule has 5 rings (SSSR count). The van der Waals surface area contributed by atoms with Gasteiger partial charge in [0.2, 0.25) is 17.7 Å². The number of piperazine rings is 1. The number of carbonyl (C=O) groups is 2. The van der Waals surface area contributed by atoms with Crippen molar-refractivity contribution >= 4 is 29.1 Å². The molecular formula is C27H33ClFN5O3. The normalized spacial score (nSPS) is 23.1. The minimum Gasteiger partial charge on any atom is -0.478 e. The number of amides is 2. The molecule has 1 aromatic heterocycles. The van der Waals surface area contributed by atoms with Crippen molar-refractivity contribution in [3.8, 4) is 5.88 Å². The van der Waals surface area contributed by atoms with E-state index in [0.29, 0.717) is 42.6 Å². The molecule has 37 heavy (non-hydrogen) atoms. The van der Waals surface area contributed by atoms with Crippen molar-refractivity contribution in [2.45, 2.75) is 37.6 Å². The number of aromatic nitrogens is 1. The smallest absolute Gasteiger partial charge is 0.240 e. The standard InChI is InChI=1S/C27H33ClFN5O3/c1-3-37-25-19(5-4-8-30-25)27(20-15-21(28)22(29)16-23(20)31-26(27)36)17-24(35)34-13-11-33(12-14-34)18-6-9-32(2)10-7-18/h4-5,8,15-16,18H,3,6-7,9-14,17H2,1-2H3,(H,31,36). The number of likely N-dealkylation sites (tertiary alicyclic amines) is 1. The molecule has 0 bridgehead atoms. The van der Waals surface area contributed by atoms with Gasteiger partial charge in [0.25, 0.3) is 0 Å². The third kappa shape index (κ3) is 4.80. The fourth-order valence-corrected chi connectivity index (χ4v) is 6.06. The molecule has 1 N–H and O–H groups in total. The first-order valence-electron chi connectivity index (χ1n) is 12.9. The second kappa shape index (κ2) is 10.6. The maximum absolute atomic E-state index is 14.3. The summed E-state index contributed by atoms with van der Waals surface area (Å²) in [5.41, 5.74) is -0.212. The first-order valence-corrected chi connectivity index (χ1v) is 13.3. The third-order valence-electron chi connectivity index (χ3n) is 7.96. The zero-order chi connectivity index (χ0) is 26.2. The average molecular weight is 530 g/mol. The number of fused-ring (bicyclic) bond motifs is 1. The fraction of sp³-hybridized carbons (Fsp3) is 0.519. The molecule has 3 aliphatic rings. The van der Waals surface area contributed by atoms with Gasteiger partial charge in [-0.15, -0.1) is 0 Å². The number of benzene rings is 1. The molecule has 1 aromatic carbocycles. The summed E-state index contributed by atoms with van der Waals surface area (Å²) in [7, 11) is 2.15. The van der Waals surface area contributed by atoms with Crippen LogP contribution in [0.25, 0.3) is 0 Å². The van der Waals surface area contributed by atoms with Gasteiger partial charge < -0.3 is 19.9 Å². The summed E-state index contributed by atoms with van der Waals surface area (Å²) >= 11 is 6.18. The van der Waals surface area contributed by atoms with Gasteiger partial charge in [-0.25, -0.2) is 9.37 Å². The van der Waals surface area contributed by atoms with E-state index in [2.05, 4.69) is 27.1 Å². The summed E-state index contributed by atoms with van der Waals surface area (Å²) in [6.07, 6.45) is 3.73. The van der Waals surface area contributed by atoms with Crippen LogP contribution in [-0.2, 0) is 15.0 Å². The minimum absolute atomic E-state index is 0.110. The van der Waals surface area contributed by atoms with Crippen molar-refractivity contribution in [3.63, 3.8) is 0 Å². The van der Waals surface area contributed by atoms with Gasteiger partial charge in [0, 0.05) is 56.1 Å². The SMILES string of the molecule is CCOc1ncccc1C1(CC(=O)N2CCN(C3CCN(C)CC3)CC2)C(=O)Nc2cc(F)c(Cl)cc21. The van der Waals surface area contributed by atoms with Gasteiger partial charge in [-0.05, 0) is 63.7 Å². The number of hydrogen-bond donors (Lipinski definition) is 1. The van der Waals surface area contributed by atoms with Crippen molar-refractivity contribution in [1.82, 2.24) is 19.7 Å². The molecule has 2 fully saturated rings. The van der Waals surface area contributed by atoms with Gasteiger partial charge in [-0.1, -0.05) is 17.7 Å². The number of halogens is 2. The number of carbonyl (C=O) groups excluding carboxylic acids is 2. The van der Waals surface area contributed by atoms with Gasteiger partial charge in [-0.3, -0.25) is 14.5 Å². The Kier molecular flexibility index (Phi) is 7.38. The summed E-state index contributed by atoms with van der Waals surface area (Å²) in [5.74, 6) is -0.924. The van der Waals surface area contributed by atoms with Gasteiger partial charge in [-0.2, -0.15) is 0 Å². The highest BCUT2D eigenvalue weighted by Gasteiger charge is 2.52. The first kappa shape index (κ1) is 25.9. The van der Waals surface area contributed by atoms with Crippen LogP contribution < -0.4 is 10.1 Å².